The number of likely N-dealkylation sites (tertiary alicyclic amines) is 1. The molecule has 1 fully saturated rings. The monoisotopic (exact) mass is 516 g/mol. The molecule has 9 nitrogen and oxygen atoms in total. The largest absolute Gasteiger partial charge is 0.480 e. The number of nitrogens with one attached hydrogen (secondary N) is 2. The lowest BCUT2D eigenvalue weighted by atomic mass is 10.0. The lowest BCUT2D eigenvalue weighted by molar-refractivity contribution is -0.143. The van der Waals surface area contributed by atoms with Crippen molar-refractivity contribution in [3.8, 4) is 0 Å². The summed E-state index contributed by atoms with van der Waals surface area (Å²) in [7, 11) is 0. The van der Waals surface area contributed by atoms with E-state index >= 15 is 0 Å². The van der Waals surface area contributed by atoms with Crippen molar-refractivity contribution in [1.29, 1.82) is 0 Å². The highest BCUT2D eigenvalue weighted by Crippen LogP contribution is 2.22. The van der Waals surface area contributed by atoms with E-state index in [1.54, 1.807) is 20.8 Å². The van der Waals surface area contributed by atoms with Crippen LogP contribution < -0.4 is 10.6 Å². The van der Waals surface area contributed by atoms with E-state index in [-0.39, 0.29) is 0 Å². The summed E-state index contributed by atoms with van der Waals surface area (Å²) in [5.41, 5.74) is 1.76. The van der Waals surface area contributed by atoms with Crippen molar-refractivity contribution in [2.24, 2.45) is 0 Å². The molecule has 0 bridgehead atoms. The molecule has 9 heteroatoms. The third kappa shape index (κ3) is 9.20. The lowest BCUT2D eigenvalue weighted by Gasteiger charge is -2.36. The molecule has 2 aliphatic heterocycles. The molecule has 3 N–H and O–H groups in total. The number of hydrogen-bond acceptors (Lipinski definition) is 6. The Labute approximate surface area is 220 Å². The van der Waals surface area contributed by atoms with Gasteiger partial charge in [-0.05, 0) is 83.8 Å². The minimum absolute atomic E-state index is 0.373. The van der Waals surface area contributed by atoms with E-state index in [0.29, 0.717) is 19.4 Å². The fourth-order valence-electron chi connectivity index (χ4n) is 4.96. The second-order valence-electron chi connectivity index (χ2n) is 11.2. The Kier molecular flexibility index (Phi) is 10.6. The van der Waals surface area contributed by atoms with Crippen LogP contribution in [0, 0.1) is 0 Å². The van der Waals surface area contributed by atoms with E-state index < -0.39 is 35.7 Å². The Hall–Kier alpha value is -2.84. The number of hydrogen-bond donors (Lipinski definition) is 3. The molecule has 0 spiro atoms. The van der Waals surface area contributed by atoms with Crippen LogP contribution in [0.5, 0.6) is 0 Å². The zero-order chi connectivity index (χ0) is 26.8. The molecule has 2 aliphatic rings. The van der Waals surface area contributed by atoms with Crippen LogP contribution in [0.1, 0.15) is 96.2 Å². The fraction of sp³-hybridized carbons (Fsp3) is 0.714. The van der Waals surface area contributed by atoms with Gasteiger partial charge in [0.25, 0.3) is 0 Å². The number of carboxylic acid groups (broad SMARTS) is 1. The third-order valence-electron chi connectivity index (χ3n) is 6.93. The van der Waals surface area contributed by atoms with E-state index in [0.717, 1.165) is 82.3 Å². The van der Waals surface area contributed by atoms with Gasteiger partial charge >= 0.3 is 12.1 Å². The van der Waals surface area contributed by atoms with Gasteiger partial charge in [0.05, 0.1) is 0 Å². The molecule has 0 saturated carbocycles. The molecule has 206 valence electrons. The molecule has 3 heterocycles. The molecule has 1 unspecified atom stereocenters. The maximum atomic E-state index is 13.0. The number of aliphatic carboxylic acids is 1. The number of carbonyl (C=O) groups is 3. The van der Waals surface area contributed by atoms with Gasteiger partial charge in [-0.15, -0.1) is 0 Å². The van der Waals surface area contributed by atoms with Crippen LogP contribution in [0.2, 0.25) is 0 Å². The van der Waals surface area contributed by atoms with Crippen molar-refractivity contribution >= 4 is 23.8 Å². The maximum Gasteiger partial charge on any atom is 0.410 e. The molecule has 3 rings (SSSR count). The van der Waals surface area contributed by atoms with Gasteiger partial charge in [0.2, 0.25) is 5.91 Å². The summed E-state index contributed by atoms with van der Waals surface area (Å²) < 4.78 is 5.46. The van der Waals surface area contributed by atoms with Gasteiger partial charge in [0.1, 0.15) is 23.5 Å². The predicted octanol–water partition coefficient (Wildman–Crippen LogP) is 4.68. The zero-order valence-electron chi connectivity index (χ0n) is 22.7. The number of nitrogens with zero attached hydrogens (tertiary/aromatic N) is 2. The number of ether oxygens (including phenoxy) is 1. The predicted molar refractivity (Wildman–Crippen MR) is 143 cm³/mol. The van der Waals surface area contributed by atoms with E-state index in [4.69, 9.17) is 9.72 Å². The van der Waals surface area contributed by atoms with Crippen LogP contribution in [0.25, 0.3) is 0 Å². The van der Waals surface area contributed by atoms with Crippen LogP contribution in [0.15, 0.2) is 12.1 Å². The summed E-state index contributed by atoms with van der Waals surface area (Å²) in [6.45, 7) is 6.78. The number of unbranched alkanes of at least 4 members (excludes halogenated alkanes) is 4. The standard InChI is InChI=1S/C28H44N4O5/c1-28(2,3)37-27(36)32-19-10-9-15-23(32)25(33)31-22(26(34)35)14-8-6-4-5-7-13-21-17-16-20-12-11-18-29-24(20)30-21/h16-17,22-23H,4-15,18-19H2,1-3H3,(H,29,30)(H,31,33)(H,34,35)/t22?,23-/m0/s1. The number of carbonyl (C=O) groups excluding carboxylic acids is 2. The second-order valence-corrected chi connectivity index (χ2v) is 11.2. The van der Waals surface area contributed by atoms with Gasteiger partial charge in [-0.3, -0.25) is 9.69 Å². The van der Waals surface area contributed by atoms with Crippen molar-refractivity contribution in [3.05, 3.63) is 23.4 Å². The van der Waals surface area contributed by atoms with Crippen LogP contribution in [-0.2, 0) is 27.2 Å². The summed E-state index contributed by atoms with van der Waals surface area (Å²) in [4.78, 5) is 43.6. The summed E-state index contributed by atoms with van der Waals surface area (Å²) >= 11 is 0. The average molecular weight is 517 g/mol. The molecule has 1 aromatic rings. The number of aromatic nitrogens is 1. The normalized spacial score (nSPS) is 18.4. The summed E-state index contributed by atoms with van der Waals surface area (Å²) in [6.07, 6.45) is 9.91. The first-order valence-electron chi connectivity index (χ1n) is 13.9. The quantitative estimate of drug-likeness (QED) is 0.365. The number of piperidine rings is 1. The van der Waals surface area contributed by atoms with Crippen LogP contribution in [0.3, 0.4) is 0 Å². The maximum absolute atomic E-state index is 13.0. The Bertz CT molecular complexity index is 930. The molecular weight excluding hydrogens is 472 g/mol. The minimum atomic E-state index is -1.04. The first-order valence-corrected chi connectivity index (χ1v) is 13.9. The SMILES string of the molecule is CC(C)(C)OC(=O)N1CCCC[C@H]1C(=O)NC(CCCCCCCc1ccc2c(n1)NCCC2)C(=O)O. The number of fused-ring (bicyclic) bond motifs is 1. The number of carboxylic acids is 1. The first-order chi connectivity index (χ1) is 17.6. The Morgan fingerprint density at radius 2 is 1.89 bits per heavy atom. The molecule has 0 aromatic carbocycles. The molecule has 0 radical (unpaired) electrons. The Morgan fingerprint density at radius 3 is 2.65 bits per heavy atom. The Morgan fingerprint density at radius 1 is 1.14 bits per heavy atom. The number of rotatable bonds is 11. The highest BCUT2D eigenvalue weighted by Gasteiger charge is 2.36. The van der Waals surface area contributed by atoms with Gasteiger partial charge in [-0.1, -0.05) is 31.7 Å². The van der Waals surface area contributed by atoms with E-state index in [1.807, 2.05) is 0 Å². The lowest BCUT2D eigenvalue weighted by Crippen LogP contribution is -2.55. The van der Waals surface area contributed by atoms with Crippen molar-refractivity contribution in [2.75, 3.05) is 18.4 Å². The second kappa shape index (κ2) is 13.6. The molecule has 2 amide bonds. The van der Waals surface area contributed by atoms with E-state index in [1.165, 1.54) is 10.5 Å². The van der Waals surface area contributed by atoms with E-state index in [2.05, 4.69) is 22.8 Å². The number of amides is 2. The average Bonchev–Trinajstić information content (AvgIpc) is 2.86. The molecule has 1 saturated heterocycles. The van der Waals surface area contributed by atoms with Gasteiger partial charge in [-0.25, -0.2) is 14.6 Å². The van der Waals surface area contributed by atoms with Crippen molar-refractivity contribution in [2.45, 2.75) is 116 Å². The highest BCUT2D eigenvalue weighted by molar-refractivity contribution is 5.89. The highest BCUT2D eigenvalue weighted by atomic mass is 16.6. The molecule has 0 aliphatic carbocycles. The summed E-state index contributed by atoms with van der Waals surface area (Å²) in [5, 5.41) is 15.7. The van der Waals surface area contributed by atoms with Gasteiger partial charge < -0.3 is 20.5 Å². The van der Waals surface area contributed by atoms with Crippen molar-refractivity contribution < 1.29 is 24.2 Å². The number of aryl methyl sites for hydroxylation is 2. The molecule has 1 aromatic heterocycles. The minimum Gasteiger partial charge on any atom is -0.480 e. The smallest absolute Gasteiger partial charge is 0.410 e. The van der Waals surface area contributed by atoms with Crippen LogP contribution in [0.4, 0.5) is 10.6 Å². The molecule has 37 heavy (non-hydrogen) atoms. The number of anilines is 1. The Balaban J connectivity index is 1.38. The molecule has 2 atom stereocenters. The van der Waals surface area contributed by atoms with Crippen molar-refractivity contribution in [1.82, 2.24) is 15.2 Å². The van der Waals surface area contributed by atoms with Gasteiger partial charge in [-0.2, -0.15) is 0 Å². The first kappa shape index (κ1) is 28.7. The van der Waals surface area contributed by atoms with Crippen LogP contribution in [-0.4, -0.2) is 63.7 Å². The van der Waals surface area contributed by atoms with Crippen LogP contribution >= 0.6 is 0 Å². The van der Waals surface area contributed by atoms with Crippen molar-refractivity contribution in [3.63, 3.8) is 0 Å². The molecular formula is C28H44N4O5. The zero-order valence-corrected chi connectivity index (χ0v) is 22.7. The summed E-state index contributed by atoms with van der Waals surface area (Å²) in [6, 6.07) is 2.66. The van der Waals surface area contributed by atoms with Gasteiger partial charge in [0, 0.05) is 18.8 Å². The third-order valence-corrected chi connectivity index (χ3v) is 6.93. The van der Waals surface area contributed by atoms with Gasteiger partial charge in [0.15, 0.2) is 0 Å². The summed E-state index contributed by atoms with van der Waals surface area (Å²) in [5.74, 6) is -0.418. The topological polar surface area (TPSA) is 121 Å². The number of pyridine rings is 1. The van der Waals surface area contributed by atoms with E-state index in [9.17, 15) is 19.5 Å². The fourth-order valence-corrected chi connectivity index (χ4v) is 4.96.